The molecule has 28 heavy (non-hydrogen) atoms. The number of thiocarbonyl (C=S) groups is 1. The Hall–Kier alpha value is -3.23. The van der Waals surface area contributed by atoms with E-state index in [4.69, 9.17) is 23.8 Å². The molecule has 142 valence electrons. The van der Waals surface area contributed by atoms with Crippen molar-refractivity contribution in [3.05, 3.63) is 87.3 Å². The zero-order valence-corrected chi connectivity index (χ0v) is 16.3. The van der Waals surface area contributed by atoms with Crippen LogP contribution >= 0.6 is 23.8 Å². The van der Waals surface area contributed by atoms with Gasteiger partial charge in [-0.2, -0.15) is 5.10 Å². The molecule has 3 rings (SSSR count). The first-order valence-corrected chi connectivity index (χ1v) is 9.02. The Bertz CT molecular complexity index is 1070. The van der Waals surface area contributed by atoms with E-state index in [2.05, 4.69) is 21.3 Å². The van der Waals surface area contributed by atoms with Crippen molar-refractivity contribution < 1.29 is 4.79 Å². The Labute approximate surface area is 171 Å². The third kappa shape index (κ3) is 4.73. The third-order valence-corrected chi connectivity index (χ3v) is 4.17. The summed E-state index contributed by atoms with van der Waals surface area (Å²) in [4.78, 5) is 24.6. The molecular formula is C19H16ClN5O2S. The van der Waals surface area contributed by atoms with Gasteiger partial charge in [0.1, 0.15) is 0 Å². The molecule has 0 aliphatic carbocycles. The van der Waals surface area contributed by atoms with Crippen LogP contribution in [0.4, 0.5) is 5.69 Å². The highest BCUT2D eigenvalue weighted by Gasteiger charge is 2.15. The molecule has 0 saturated heterocycles. The first-order valence-electron chi connectivity index (χ1n) is 8.23. The van der Waals surface area contributed by atoms with Gasteiger partial charge in [-0.15, -0.1) is 0 Å². The number of aryl methyl sites for hydroxylation is 1. The molecule has 1 aromatic heterocycles. The summed E-state index contributed by atoms with van der Waals surface area (Å²) < 4.78 is 1.53. The second-order valence-electron chi connectivity index (χ2n) is 5.79. The highest BCUT2D eigenvalue weighted by Crippen LogP contribution is 2.13. The van der Waals surface area contributed by atoms with E-state index in [0.29, 0.717) is 16.4 Å². The van der Waals surface area contributed by atoms with Gasteiger partial charge in [-0.05, 0) is 55.5 Å². The number of aromatic nitrogens is 2. The number of anilines is 1. The third-order valence-electron chi connectivity index (χ3n) is 3.71. The topological polar surface area (TPSA) is 88.1 Å². The van der Waals surface area contributed by atoms with Crippen molar-refractivity contribution in [3.8, 4) is 5.69 Å². The fourth-order valence-electron chi connectivity index (χ4n) is 2.40. The van der Waals surface area contributed by atoms with Gasteiger partial charge < -0.3 is 5.32 Å². The van der Waals surface area contributed by atoms with Crippen molar-refractivity contribution in [1.29, 1.82) is 0 Å². The molecule has 1 amide bonds. The zero-order valence-electron chi connectivity index (χ0n) is 14.8. The van der Waals surface area contributed by atoms with Gasteiger partial charge in [0.05, 0.1) is 5.69 Å². The van der Waals surface area contributed by atoms with E-state index >= 15 is 0 Å². The molecule has 7 nitrogen and oxygen atoms in total. The maximum absolute atomic E-state index is 12.4. The van der Waals surface area contributed by atoms with Gasteiger partial charge in [-0.1, -0.05) is 29.8 Å². The summed E-state index contributed by atoms with van der Waals surface area (Å²) in [6, 6.07) is 17.4. The van der Waals surface area contributed by atoms with Crippen LogP contribution in [-0.2, 0) is 0 Å². The van der Waals surface area contributed by atoms with Crippen molar-refractivity contribution in [2.45, 2.75) is 6.92 Å². The summed E-state index contributed by atoms with van der Waals surface area (Å²) in [6.07, 6.45) is 0. The van der Waals surface area contributed by atoms with E-state index < -0.39 is 11.3 Å². The van der Waals surface area contributed by atoms with Crippen LogP contribution in [0.3, 0.4) is 0 Å². The lowest BCUT2D eigenvalue weighted by Gasteiger charge is -2.13. The summed E-state index contributed by atoms with van der Waals surface area (Å²) in [5.41, 5.74) is 6.22. The normalized spacial score (nSPS) is 10.2. The number of amides is 1. The minimum atomic E-state index is -0.699. The van der Waals surface area contributed by atoms with E-state index in [1.165, 1.54) is 10.7 Å². The number of hydrogen-bond donors (Lipinski definition) is 3. The van der Waals surface area contributed by atoms with Crippen molar-refractivity contribution in [3.63, 3.8) is 0 Å². The van der Waals surface area contributed by atoms with Crippen LogP contribution in [0.25, 0.3) is 5.69 Å². The molecule has 0 fully saturated rings. The van der Waals surface area contributed by atoms with E-state index in [0.717, 1.165) is 5.69 Å². The number of carbonyl (C=O) groups excluding carboxylic acids is 1. The van der Waals surface area contributed by atoms with Crippen molar-refractivity contribution >= 4 is 40.5 Å². The number of carbonyl (C=O) groups is 1. The van der Waals surface area contributed by atoms with Crippen molar-refractivity contribution in [2.75, 3.05) is 5.32 Å². The highest BCUT2D eigenvalue weighted by atomic mass is 35.5. The fraction of sp³-hybridized carbons (Fsp3) is 0.0526. The first kappa shape index (κ1) is 19.5. The number of hydrazine groups is 1. The minimum Gasteiger partial charge on any atom is -0.331 e. The molecule has 0 aliphatic rings. The second kappa shape index (κ2) is 8.64. The lowest BCUT2D eigenvalue weighted by Crippen LogP contribution is -2.45. The highest BCUT2D eigenvalue weighted by molar-refractivity contribution is 7.80. The predicted molar refractivity (Wildman–Crippen MR) is 113 cm³/mol. The van der Waals surface area contributed by atoms with Gasteiger partial charge in [0.25, 0.3) is 5.91 Å². The molecule has 9 heteroatoms. The second-order valence-corrected chi connectivity index (χ2v) is 6.63. The lowest BCUT2D eigenvalue weighted by molar-refractivity contribution is 0.0936. The molecule has 1 heterocycles. The number of para-hydroxylation sites is 1. The van der Waals surface area contributed by atoms with Gasteiger partial charge >= 0.3 is 0 Å². The number of benzene rings is 2. The Morgan fingerprint density at radius 1 is 1.07 bits per heavy atom. The summed E-state index contributed by atoms with van der Waals surface area (Å²) in [5.74, 6) is -0.699. The van der Waals surface area contributed by atoms with Crippen LogP contribution in [0.5, 0.6) is 0 Å². The number of halogens is 1. The van der Waals surface area contributed by atoms with Gasteiger partial charge in [0.2, 0.25) is 5.43 Å². The fourth-order valence-corrected chi connectivity index (χ4v) is 2.70. The van der Waals surface area contributed by atoms with Crippen LogP contribution in [-0.4, -0.2) is 20.8 Å². The molecule has 0 atom stereocenters. The summed E-state index contributed by atoms with van der Waals surface area (Å²) in [5, 5.41) is 7.81. The Balaban J connectivity index is 1.71. The van der Waals surface area contributed by atoms with E-state index in [-0.39, 0.29) is 10.8 Å². The van der Waals surface area contributed by atoms with E-state index in [9.17, 15) is 9.59 Å². The Morgan fingerprint density at radius 2 is 1.75 bits per heavy atom. The van der Waals surface area contributed by atoms with Crippen molar-refractivity contribution in [2.24, 2.45) is 0 Å². The number of hydrogen-bond acceptors (Lipinski definition) is 4. The van der Waals surface area contributed by atoms with Crippen LogP contribution in [0.15, 0.2) is 65.5 Å². The molecular weight excluding hydrogens is 398 g/mol. The monoisotopic (exact) mass is 413 g/mol. The standard InChI is InChI=1S/C19H16ClN5O2S/c1-12-11-16(26)17(24-25(12)15-5-3-2-4-6-15)18(27)22-23-19(28)21-14-9-7-13(20)8-10-14/h2-11H,1H3,(H,22,27)(H2,21,23,28). The molecule has 0 radical (unpaired) electrons. The van der Waals surface area contributed by atoms with E-state index in [1.807, 2.05) is 30.3 Å². The quantitative estimate of drug-likeness (QED) is 0.452. The number of nitrogens with zero attached hydrogens (tertiary/aromatic N) is 2. The Kier molecular flexibility index (Phi) is 6.03. The van der Waals surface area contributed by atoms with Crippen LogP contribution in [0.1, 0.15) is 16.2 Å². The van der Waals surface area contributed by atoms with Crippen LogP contribution in [0.2, 0.25) is 5.02 Å². The summed E-state index contributed by atoms with van der Waals surface area (Å²) in [7, 11) is 0. The number of nitrogens with one attached hydrogen (secondary N) is 3. The van der Waals surface area contributed by atoms with Crippen molar-refractivity contribution in [1.82, 2.24) is 20.6 Å². The average molecular weight is 414 g/mol. The molecule has 0 bridgehead atoms. The molecule has 3 N–H and O–H groups in total. The average Bonchev–Trinajstić information content (AvgIpc) is 2.69. The van der Waals surface area contributed by atoms with E-state index in [1.54, 1.807) is 31.2 Å². The SMILES string of the molecule is Cc1cc(=O)c(C(=O)NNC(=S)Nc2ccc(Cl)cc2)nn1-c1ccccc1. The van der Waals surface area contributed by atoms with Crippen LogP contribution < -0.4 is 21.6 Å². The van der Waals surface area contributed by atoms with Gasteiger partial charge in [0.15, 0.2) is 10.8 Å². The molecule has 0 saturated carbocycles. The van der Waals surface area contributed by atoms with Gasteiger partial charge in [0, 0.05) is 22.5 Å². The molecule has 3 aromatic rings. The lowest BCUT2D eigenvalue weighted by atomic mass is 10.3. The number of rotatable bonds is 3. The van der Waals surface area contributed by atoms with Gasteiger partial charge in [-0.25, -0.2) is 4.68 Å². The molecule has 2 aromatic carbocycles. The first-order chi connectivity index (χ1) is 13.4. The molecule has 0 unspecified atom stereocenters. The molecule has 0 aliphatic heterocycles. The summed E-state index contributed by atoms with van der Waals surface area (Å²) >= 11 is 10.9. The Morgan fingerprint density at radius 3 is 2.43 bits per heavy atom. The van der Waals surface area contributed by atoms with Gasteiger partial charge in [-0.3, -0.25) is 20.4 Å². The largest absolute Gasteiger partial charge is 0.331 e. The predicted octanol–water partition coefficient (Wildman–Crippen LogP) is 2.83. The van der Waals surface area contributed by atoms with Crippen LogP contribution in [0, 0.1) is 6.92 Å². The smallest absolute Gasteiger partial charge is 0.294 e. The summed E-state index contributed by atoms with van der Waals surface area (Å²) in [6.45, 7) is 1.74. The maximum atomic E-state index is 12.4. The maximum Gasteiger partial charge on any atom is 0.294 e. The zero-order chi connectivity index (χ0) is 20.1. The minimum absolute atomic E-state index is 0.145. The molecule has 0 spiro atoms.